The Labute approximate surface area is 293 Å². The van der Waals surface area contributed by atoms with E-state index in [1.807, 2.05) is 77.8 Å². The molecule has 0 saturated heterocycles. The second kappa shape index (κ2) is 22.0. The van der Waals surface area contributed by atoms with Gasteiger partial charge < -0.3 is 9.90 Å². The summed E-state index contributed by atoms with van der Waals surface area (Å²) >= 11 is 0. The summed E-state index contributed by atoms with van der Waals surface area (Å²) in [6.07, 6.45) is 27.9. The Morgan fingerprint density at radius 1 is 0.830 bits per heavy atom. The molecule has 0 heterocycles. The van der Waals surface area contributed by atoms with Gasteiger partial charge in [-0.1, -0.05) is 124 Å². The van der Waals surface area contributed by atoms with Crippen LogP contribution in [0, 0.1) is 39.9 Å². The maximum absolute atomic E-state index is 9.33. The van der Waals surface area contributed by atoms with Crippen molar-refractivity contribution in [2.24, 2.45) is 39.9 Å². The largest absolute Gasteiger partial charge is 0.512 e. The number of fused-ring (bicyclic) bond motifs is 5. The summed E-state index contributed by atoms with van der Waals surface area (Å²) in [5, 5.41) is 9.33. The van der Waals surface area contributed by atoms with Crippen molar-refractivity contribution >= 4 is 12.9 Å². The lowest BCUT2D eigenvalue weighted by Gasteiger charge is -2.62. The van der Waals surface area contributed by atoms with Gasteiger partial charge in [0.2, 0.25) is 0 Å². The highest BCUT2D eigenvalue weighted by atomic mass is 16.3. The van der Waals surface area contributed by atoms with E-state index in [0.717, 1.165) is 71.2 Å². The molecule has 270 valence electrons. The van der Waals surface area contributed by atoms with Crippen molar-refractivity contribution in [2.75, 3.05) is 0 Å². The smallest absolute Gasteiger partial charge is 0.106 e. The topological polar surface area (TPSA) is 37.3 Å². The number of unbranched alkanes of at least 4 members (excludes halogenated alkanes) is 1. The molecule has 1 aromatic carbocycles. The highest BCUT2D eigenvalue weighted by Crippen LogP contribution is 2.68. The first-order valence-electron chi connectivity index (χ1n) is 20.0. The molecule has 1 aromatic rings. The second-order valence-corrected chi connectivity index (χ2v) is 15.5. The molecule has 2 heteroatoms. The molecule has 47 heavy (non-hydrogen) atoms. The van der Waals surface area contributed by atoms with Crippen molar-refractivity contribution in [1.82, 2.24) is 0 Å². The number of aliphatic hydroxyl groups excluding tert-OH is 1. The van der Waals surface area contributed by atoms with Crippen LogP contribution in [0.4, 0.5) is 0 Å². The van der Waals surface area contributed by atoms with Crippen LogP contribution in [0.1, 0.15) is 183 Å². The molecule has 1 N–H and O–H groups in total. The van der Waals surface area contributed by atoms with Crippen molar-refractivity contribution in [2.45, 2.75) is 178 Å². The third-order valence-electron chi connectivity index (χ3n) is 13.2. The van der Waals surface area contributed by atoms with E-state index in [4.69, 9.17) is 4.79 Å². The quantitative estimate of drug-likeness (QED) is 0.322. The zero-order valence-electron chi connectivity index (χ0n) is 32.8. The fourth-order valence-electron chi connectivity index (χ4n) is 10.3. The molecule has 6 unspecified atom stereocenters. The summed E-state index contributed by atoms with van der Waals surface area (Å²) in [6, 6.07) is 10.0. The number of hydrogen-bond acceptors (Lipinski definition) is 2. The third kappa shape index (κ3) is 11.4. The van der Waals surface area contributed by atoms with Gasteiger partial charge in [0, 0.05) is 6.42 Å². The van der Waals surface area contributed by atoms with Gasteiger partial charge in [-0.05, 0) is 141 Å². The predicted molar refractivity (Wildman–Crippen MR) is 209 cm³/mol. The van der Waals surface area contributed by atoms with Gasteiger partial charge in [-0.15, -0.1) is 0 Å². The average molecular weight is 651 g/mol. The van der Waals surface area contributed by atoms with Crippen LogP contribution in [0.25, 0.3) is 6.08 Å². The molecule has 6 rings (SSSR count). The maximum atomic E-state index is 9.33. The molecular weight excluding hydrogens is 572 g/mol. The summed E-state index contributed by atoms with van der Waals surface area (Å²) in [4.78, 5) is 8.00. The van der Waals surface area contributed by atoms with Crippen LogP contribution in [0.3, 0.4) is 0 Å². The number of carbonyl (C=O) groups excluding carboxylic acids is 1. The lowest BCUT2D eigenvalue weighted by molar-refractivity contribution is -0.124. The summed E-state index contributed by atoms with van der Waals surface area (Å²) in [6.45, 7) is 25.2. The van der Waals surface area contributed by atoms with Crippen molar-refractivity contribution in [3.05, 3.63) is 53.8 Å². The molecule has 0 aromatic heterocycles. The van der Waals surface area contributed by atoms with Gasteiger partial charge in [0.1, 0.15) is 6.79 Å². The molecule has 2 nitrogen and oxygen atoms in total. The number of allylic oxidation sites excluding steroid dienone is 2. The highest BCUT2D eigenvalue weighted by molar-refractivity contribution is 5.45. The lowest BCUT2D eigenvalue weighted by Crippen LogP contribution is -2.53. The van der Waals surface area contributed by atoms with Crippen LogP contribution in [0.2, 0.25) is 0 Å². The molecule has 5 aliphatic rings. The molecule has 0 bridgehead atoms. The van der Waals surface area contributed by atoms with Crippen LogP contribution in [-0.2, 0) is 4.79 Å². The Balaban J connectivity index is 0.000000385. The summed E-state index contributed by atoms with van der Waals surface area (Å²) in [5.41, 5.74) is 4.58. The first-order valence-corrected chi connectivity index (χ1v) is 20.0. The van der Waals surface area contributed by atoms with E-state index in [1.165, 1.54) is 24.8 Å². The average Bonchev–Trinajstić information content (AvgIpc) is 3.77. The number of benzene rings is 1. The molecule has 6 atom stereocenters. The zero-order valence-corrected chi connectivity index (χ0v) is 32.8. The Hall–Kier alpha value is -1.83. The van der Waals surface area contributed by atoms with E-state index in [-0.39, 0.29) is 0 Å². The van der Waals surface area contributed by atoms with Gasteiger partial charge in [0.15, 0.2) is 0 Å². The van der Waals surface area contributed by atoms with Gasteiger partial charge >= 0.3 is 0 Å². The van der Waals surface area contributed by atoms with E-state index in [0.29, 0.717) is 5.76 Å². The monoisotopic (exact) mass is 651 g/mol. The van der Waals surface area contributed by atoms with Gasteiger partial charge in [0.05, 0.1) is 5.76 Å². The summed E-state index contributed by atoms with van der Waals surface area (Å²) < 4.78 is 0. The fraction of sp³-hybridized carbons (Fsp3) is 0.756. The van der Waals surface area contributed by atoms with E-state index in [2.05, 4.69) is 34.3 Å². The van der Waals surface area contributed by atoms with Crippen molar-refractivity contribution in [1.29, 1.82) is 0 Å². The molecular formula is C45H78O2. The number of carbonyl (C=O) groups is 1. The standard InChI is InChI=1S/C23H38.C9H18O.C8H8.2C2H6.CH2O/c1-21-10-5-6-19(21)18-8-7-17-16-23(11-3-4-12-23)15-14-22(17,2)20(18)9-13-21;1-4-6-7-9(10)8(3)5-2;1-2-8-6-4-3-5-7-8;3*1-2/h17-20H,3-16H2,1-2H3;10H,4-7H2,1-3H3;2-7H,1H2;2*1-2H3;1H2/b;9-8-;;;;. The molecule has 1 spiro atoms. The molecule has 5 saturated carbocycles. The van der Waals surface area contributed by atoms with E-state index >= 15 is 0 Å². The molecule has 0 aliphatic heterocycles. The van der Waals surface area contributed by atoms with Crippen LogP contribution in [0.5, 0.6) is 0 Å². The van der Waals surface area contributed by atoms with E-state index in [1.54, 1.807) is 70.6 Å². The number of rotatable bonds is 5. The Kier molecular flexibility index (Phi) is 20.2. The second-order valence-electron chi connectivity index (χ2n) is 15.5. The van der Waals surface area contributed by atoms with Gasteiger partial charge in [-0.3, -0.25) is 0 Å². The highest BCUT2D eigenvalue weighted by Gasteiger charge is 2.59. The van der Waals surface area contributed by atoms with Crippen molar-refractivity contribution < 1.29 is 9.90 Å². The first-order chi connectivity index (χ1) is 22.7. The number of hydrogen-bond donors (Lipinski definition) is 1. The van der Waals surface area contributed by atoms with E-state index in [9.17, 15) is 5.11 Å². The minimum atomic E-state index is 0.601. The fourth-order valence-corrected chi connectivity index (χ4v) is 10.3. The zero-order chi connectivity index (χ0) is 35.5. The van der Waals surface area contributed by atoms with Crippen LogP contribution in [-0.4, -0.2) is 11.9 Å². The van der Waals surface area contributed by atoms with E-state index < -0.39 is 0 Å². The van der Waals surface area contributed by atoms with Crippen molar-refractivity contribution in [3.8, 4) is 0 Å². The Morgan fingerprint density at radius 3 is 2.02 bits per heavy atom. The predicted octanol–water partition coefficient (Wildman–Crippen LogP) is 14.6. The Bertz CT molecular complexity index is 1000. The molecule has 0 amide bonds. The van der Waals surface area contributed by atoms with Crippen LogP contribution < -0.4 is 0 Å². The molecule has 0 radical (unpaired) electrons. The molecule has 5 aliphatic carbocycles. The van der Waals surface area contributed by atoms with Gasteiger partial charge in [-0.2, -0.15) is 0 Å². The maximum Gasteiger partial charge on any atom is 0.106 e. The molecule has 5 fully saturated rings. The van der Waals surface area contributed by atoms with Crippen LogP contribution >= 0.6 is 0 Å². The van der Waals surface area contributed by atoms with Crippen molar-refractivity contribution in [3.63, 3.8) is 0 Å². The third-order valence-corrected chi connectivity index (χ3v) is 13.2. The summed E-state index contributed by atoms with van der Waals surface area (Å²) in [5.74, 6) is 4.98. The minimum absolute atomic E-state index is 0.601. The Morgan fingerprint density at radius 2 is 1.47 bits per heavy atom. The minimum Gasteiger partial charge on any atom is -0.512 e. The SMILES string of the molecule is C=Cc1ccccc1.C=O.CC.CC.CC12CCCC1C1CCC3CC4(CCCC4)CCC3(C)C1CC2.CCCC/C(O)=C(\C)CC. The summed E-state index contributed by atoms with van der Waals surface area (Å²) in [7, 11) is 0. The number of aliphatic hydroxyl groups is 1. The van der Waals surface area contributed by atoms with Gasteiger partial charge in [0.25, 0.3) is 0 Å². The van der Waals surface area contributed by atoms with Gasteiger partial charge in [-0.25, -0.2) is 0 Å². The van der Waals surface area contributed by atoms with Crippen LogP contribution in [0.15, 0.2) is 48.2 Å². The first kappa shape index (κ1) is 43.2. The normalized spacial score (nSPS) is 31.3. The lowest BCUT2D eigenvalue weighted by atomic mass is 9.43.